The van der Waals surface area contributed by atoms with Crippen molar-refractivity contribution in [2.75, 3.05) is 0 Å². The Kier molecular flexibility index (Phi) is 6.12. The van der Waals surface area contributed by atoms with Crippen molar-refractivity contribution in [3.05, 3.63) is 47.1 Å². The molecule has 1 aromatic rings. The van der Waals surface area contributed by atoms with Crippen LogP contribution in [0.1, 0.15) is 41.3 Å². The first-order chi connectivity index (χ1) is 11.8. The van der Waals surface area contributed by atoms with Gasteiger partial charge in [-0.15, -0.1) is 0 Å². The number of fused-ring (bicyclic) bond motifs is 1. The molecule has 6 nitrogen and oxygen atoms in total. The smallest absolute Gasteiger partial charge is 0.342 e. The molecule has 0 saturated heterocycles. The van der Waals surface area contributed by atoms with E-state index < -0.39 is 30.1 Å². The van der Waals surface area contributed by atoms with Crippen molar-refractivity contribution in [1.82, 2.24) is 0 Å². The predicted octanol–water partition coefficient (Wildman–Crippen LogP) is 1.90. The van der Waals surface area contributed by atoms with Gasteiger partial charge in [-0.25, -0.2) is 4.79 Å². The molecule has 1 aliphatic rings. The molecule has 134 valence electrons. The van der Waals surface area contributed by atoms with E-state index in [-0.39, 0.29) is 24.2 Å². The zero-order valence-corrected chi connectivity index (χ0v) is 14.2. The maximum absolute atomic E-state index is 12.4. The molecular weight excluding hydrogens is 324 g/mol. The second kappa shape index (κ2) is 8.09. The molecule has 0 saturated carbocycles. The van der Waals surface area contributed by atoms with Crippen LogP contribution in [0.15, 0.2) is 30.4 Å². The third kappa shape index (κ3) is 4.78. The minimum absolute atomic E-state index is 0.0142. The van der Waals surface area contributed by atoms with Crippen LogP contribution in [0, 0.1) is 6.92 Å². The van der Waals surface area contributed by atoms with Crippen LogP contribution in [0.5, 0.6) is 5.75 Å². The molecule has 0 unspecified atom stereocenters. The van der Waals surface area contributed by atoms with E-state index in [1.54, 1.807) is 26.0 Å². The fourth-order valence-corrected chi connectivity index (χ4v) is 2.57. The molecule has 1 aliphatic heterocycles. The molecule has 1 heterocycles. The van der Waals surface area contributed by atoms with Gasteiger partial charge in [-0.1, -0.05) is 24.3 Å². The highest BCUT2D eigenvalue weighted by Crippen LogP contribution is 2.26. The molecule has 3 atom stereocenters. The van der Waals surface area contributed by atoms with Gasteiger partial charge in [0, 0.05) is 6.42 Å². The Balaban J connectivity index is 2.43. The molecule has 0 radical (unpaired) electrons. The van der Waals surface area contributed by atoms with Crippen LogP contribution in [0.2, 0.25) is 0 Å². The number of phenols is 1. The number of aromatic hydroxyl groups is 1. The average molecular weight is 346 g/mol. The van der Waals surface area contributed by atoms with Gasteiger partial charge in [0.05, 0.1) is 6.10 Å². The molecule has 3 N–H and O–H groups in total. The summed E-state index contributed by atoms with van der Waals surface area (Å²) in [6, 6.07) is 3.18. The molecule has 0 aromatic heterocycles. The summed E-state index contributed by atoms with van der Waals surface area (Å²) in [7, 11) is 0. The Hall–Kier alpha value is -2.44. The number of ketones is 1. The lowest BCUT2D eigenvalue weighted by molar-refractivity contribution is -0.127. The van der Waals surface area contributed by atoms with E-state index >= 15 is 0 Å². The Morgan fingerprint density at radius 3 is 2.48 bits per heavy atom. The van der Waals surface area contributed by atoms with Gasteiger partial charge in [0.15, 0.2) is 5.78 Å². The minimum atomic E-state index is -1.52. The van der Waals surface area contributed by atoms with Crippen LogP contribution >= 0.6 is 0 Å². The second-order valence-corrected chi connectivity index (χ2v) is 6.15. The minimum Gasteiger partial charge on any atom is -0.507 e. The molecule has 0 bridgehead atoms. The molecule has 0 amide bonds. The number of cyclic esters (lactones) is 1. The van der Waals surface area contributed by atoms with E-state index in [2.05, 4.69) is 0 Å². The lowest BCUT2D eigenvalue weighted by Gasteiger charge is -2.16. The molecule has 1 aromatic carbocycles. The summed E-state index contributed by atoms with van der Waals surface area (Å²) in [5.74, 6) is -1.46. The molecule has 0 aliphatic carbocycles. The molecule has 0 spiro atoms. The Labute approximate surface area is 146 Å². The lowest BCUT2D eigenvalue weighted by atomic mass is 10.0. The van der Waals surface area contributed by atoms with Crippen molar-refractivity contribution in [2.24, 2.45) is 0 Å². The highest BCUT2D eigenvalue weighted by Gasteiger charge is 2.23. The van der Waals surface area contributed by atoms with Gasteiger partial charge < -0.3 is 20.1 Å². The highest BCUT2D eigenvalue weighted by molar-refractivity contribution is 5.97. The third-order valence-corrected chi connectivity index (χ3v) is 3.89. The summed E-state index contributed by atoms with van der Waals surface area (Å²) in [6.07, 6.45) is 2.70. The predicted molar refractivity (Wildman–Crippen MR) is 92.1 cm³/mol. The van der Waals surface area contributed by atoms with Gasteiger partial charge >= 0.3 is 5.97 Å². The van der Waals surface area contributed by atoms with Crippen molar-refractivity contribution in [2.45, 2.75) is 45.0 Å². The van der Waals surface area contributed by atoms with E-state index in [0.29, 0.717) is 5.56 Å². The van der Waals surface area contributed by atoms with Gasteiger partial charge in [0.25, 0.3) is 0 Å². The van der Waals surface area contributed by atoms with Crippen LogP contribution in [0.3, 0.4) is 0 Å². The number of carbonyl (C=O) groups is 2. The van der Waals surface area contributed by atoms with Crippen LogP contribution in [-0.2, 0) is 9.53 Å². The van der Waals surface area contributed by atoms with E-state index in [1.807, 2.05) is 0 Å². The van der Waals surface area contributed by atoms with Crippen LogP contribution in [0.4, 0.5) is 0 Å². The van der Waals surface area contributed by atoms with Gasteiger partial charge in [-0.2, -0.15) is 0 Å². The summed E-state index contributed by atoms with van der Waals surface area (Å²) >= 11 is 0. The van der Waals surface area contributed by atoms with Crippen molar-refractivity contribution in [3.8, 4) is 5.75 Å². The average Bonchev–Trinajstić information content (AvgIpc) is 2.52. The highest BCUT2D eigenvalue weighted by atomic mass is 16.5. The van der Waals surface area contributed by atoms with E-state index in [1.165, 1.54) is 24.3 Å². The molecular formula is C19H22O6. The Bertz CT molecular complexity index is 719. The van der Waals surface area contributed by atoms with Gasteiger partial charge in [0.1, 0.15) is 23.5 Å². The summed E-state index contributed by atoms with van der Waals surface area (Å²) < 4.78 is 5.32. The van der Waals surface area contributed by atoms with Crippen molar-refractivity contribution >= 4 is 17.8 Å². The van der Waals surface area contributed by atoms with Crippen molar-refractivity contribution < 1.29 is 29.6 Å². The first kappa shape index (κ1) is 18.9. The summed E-state index contributed by atoms with van der Waals surface area (Å²) in [4.78, 5) is 24.2. The maximum Gasteiger partial charge on any atom is 0.342 e. The summed E-state index contributed by atoms with van der Waals surface area (Å²) in [6.45, 7) is 3.43. The number of aliphatic hydroxyl groups is 2. The topological polar surface area (TPSA) is 104 Å². The number of phenolic OH excluding ortho intramolecular Hbond substituents is 1. The van der Waals surface area contributed by atoms with E-state index in [9.17, 15) is 24.9 Å². The van der Waals surface area contributed by atoms with Crippen LogP contribution in [0.25, 0.3) is 6.08 Å². The second-order valence-electron chi connectivity index (χ2n) is 6.15. The SMILES string of the molecule is Cc1cc(O)c2c(c1)/C=C/C[C@@H](O)[C@H](O)C(=O)/C=C\C[C@H](C)OC2=O. The summed E-state index contributed by atoms with van der Waals surface area (Å²) in [5.41, 5.74) is 1.23. The first-order valence-corrected chi connectivity index (χ1v) is 8.07. The summed E-state index contributed by atoms with van der Waals surface area (Å²) in [5, 5.41) is 29.9. The number of aryl methyl sites for hydroxylation is 1. The first-order valence-electron chi connectivity index (χ1n) is 8.07. The Morgan fingerprint density at radius 1 is 1.08 bits per heavy atom. The van der Waals surface area contributed by atoms with Gasteiger partial charge in [-0.05, 0) is 43.5 Å². The van der Waals surface area contributed by atoms with Crippen LogP contribution < -0.4 is 0 Å². The molecule has 6 heteroatoms. The number of hydrogen-bond acceptors (Lipinski definition) is 6. The van der Waals surface area contributed by atoms with Gasteiger partial charge in [-0.3, -0.25) is 4.79 Å². The van der Waals surface area contributed by atoms with Crippen molar-refractivity contribution in [3.63, 3.8) is 0 Å². The fraction of sp³-hybridized carbons (Fsp3) is 0.368. The number of ether oxygens (including phenoxy) is 1. The van der Waals surface area contributed by atoms with Gasteiger partial charge in [0.2, 0.25) is 0 Å². The molecule has 0 fully saturated rings. The zero-order valence-electron chi connectivity index (χ0n) is 14.2. The molecule has 25 heavy (non-hydrogen) atoms. The molecule has 2 rings (SSSR count). The maximum atomic E-state index is 12.4. The normalized spacial score (nSPS) is 27.8. The third-order valence-electron chi connectivity index (χ3n) is 3.89. The Morgan fingerprint density at radius 2 is 1.76 bits per heavy atom. The van der Waals surface area contributed by atoms with E-state index in [4.69, 9.17) is 4.74 Å². The van der Waals surface area contributed by atoms with E-state index in [0.717, 1.165) is 5.56 Å². The number of carbonyl (C=O) groups excluding carboxylic acids is 2. The largest absolute Gasteiger partial charge is 0.507 e. The fourth-order valence-electron chi connectivity index (χ4n) is 2.57. The monoisotopic (exact) mass is 346 g/mol. The lowest BCUT2D eigenvalue weighted by Crippen LogP contribution is -2.32. The van der Waals surface area contributed by atoms with Crippen molar-refractivity contribution in [1.29, 1.82) is 0 Å². The number of esters is 1. The zero-order chi connectivity index (χ0) is 18.6. The number of rotatable bonds is 0. The number of hydrogen-bond donors (Lipinski definition) is 3. The van der Waals surface area contributed by atoms with Crippen LogP contribution in [-0.4, -0.2) is 45.4 Å². The number of aliphatic hydroxyl groups excluding tert-OH is 2. The quantitative estimate of drug-likeness (QED) is 0.620. The standard InChI is InChI=1S/C19H22O6/c1-11-9-13-6-4-8-15(21)18(23)14(20)7-3-5-12(2)25-19(24)17(13)16(22)10-11/h3-4,6-7,9-10,12,15,18,21-23H,5,8H2,1-2H3/b6-4+,7-3-/t12-,15+,18+/m0/s1. The number of benzene rings is 1.